The molecular weight excluding hydrogens is 322 g/mol. The topological polar surface area (TPSA) is 75.9 Å². The molecule has 0 aliphatic carbocycles. The number of benzene rings is 1. The summed E-state index contributed by atoms with van der Waals surface area (Å²) in [5.74, 6) is 0.0359. The standard InChI is InChI=1S/C18H21N3O4/c1-20-12-18(24-17(20)23)7-4-9-21(10-8-18)16(22)11-14-13-5-2-3-6-15(13)25-19-14/h2-3,5-6H,4,7-12H2,1H3/t18-/m1/s1. The van der Waals surface area contributed by atoms with Crippen LogP contribution in [0.4, 0.5) is 4.79 Å². The highest BCUT2D eigenvalue weighted by atomic mass is 16.6. The number of carbonyl (C=O) groups is 2. The van der Waals surface area contributed by atoms with Gasteiger partial charge in [-0.2, -0.15) is 0 Å². The number of carbonyl (C=O) groups excluding carboxylic acids is 2. The van der Waals surface area contributed by atoms with E-state index in [9.17, 15) is 9.59 Å². The summed E-state index contributed by atoms with van der Waals surface area (Å²) in [6.45, 7) is 1.87. The van der Waals surface area contributed by atoms with Gasteiger partial charge in [-0.3, -0.25) is 4.79 Å². The van der Waals surface area contributed by atoms with E-state index in [-0.39, 0.29) is 18.4 Å². The van der Waals surface area contributed by atoms with Gasteiger partial charge in [0.25, 0.3) is 0 Å². The van der Waals surface area contributed by atoms with Crippen molar-refractivity contribution in [2.24, 2.45) is 0 Å². The first kappa shape index (κ1) is 15.9. The number of fused-ring (bicyclic) bond motifs is 1. The Balaban J connectivity index is 1.44. The molecule has 2 aromatic rings. The van der Waals surface area contributed by atoms with Gasteiger partial charge < -0.3 is 19.1 Å². The maximum Gasteiger partial charge on any atom is 0.410 e. The summed E-state index contributed by atoms with van der Waals surface area (Å²) in [7, 11) is 1.75. The van der Waals surface area contributed by atoms with Crippen molar-refractivity contribution in [2.75, 3.05) is 26.7 Å². The molecule has 0 unspecified atom stereocenters. The third-order valence-corrected chi connectivity index (χ3v) is 5.16. The Morgan fingerprint density at radius 3 is 2.92 bits per heavy atom. The van der Waals surface area contributed by atoms with E-state index in [1.807, 2.05) is 29.2 Å². The zero-order valence-corrected chi connectivity index (χ0v) is 14.2. The summed E-state index contributed by atoms with van der Waals surface area (Å²) in [6, 6.07) is 7.55. The molecular formula is C18H21N3O4. The summed E-state index contributed by atoms with van der Waals surface area (Å²) in [5.41, 5.74) is 0.925. The summed E-state index contributed by atoms with van der Waals surface area (Å²) < 4.78 is 10.9. The van der Waals surface area contributed by atoms with Crippen LogP contribution in [0.5, 0.6) is 0 Å². The molecule has 4 rings (SSSR count). The molecule has 0 saturated carbocycles. The van der Waals surface area contributed by atoms with Gasteiger partial charge >= 0.3 is 6.09 Å². The fourth-order valence-electron chi connectivity index (χ4n) is 3.79. The van der Waals surface area contributed by atoms with Crippen molar-refractivity contribution in [1.29, 1.82) is 0 Å². The Labute approximate surface area is 145 Å². The number of rotatable bonds is 2. The molecule has 132 valence electrons. The lowest BCUT2D eigenvalue weighted by atomic mass is 9.95. The molecule has 3 heterocycles. The van der Waals surface area contributed by atoms with Crippen LogP contribution in [0.15, 0.2) is 28.8 Å². The summed E-state index contributed by atoms with van der Waals surface area (Å²) >= 11 is 0. The van der Waals surface area contributed by atoms with Crippen LogP contribution in [-0.2, 0) is 16.0 Å². The van der Waals surface area contributed by atoms with Crippen LogP contribution in [0, 0.1) is 0 Å². The van der Waals surface area contributed by atoms with Gasteiger partial charge in [-0.15, -0.1) is 0 Å². The monoisotopic (exact) mass is 343 g/mol. The zero-order chi connectivity index (χ0) is 17.4. The molecule has 2 aliphatic heterocycles. The molecule has 7 heteroatoms. The lowest BCUT2D eigenvalue weighted by Crippen LogP contribution is -2.37. The van der Waals surface area contributed by atoms with Crippen LogP contribution in [0.1, 0.15) is 25.0 Å². The van der Waals surface area contributed by atoms with E-state index in [4.69, 9.17) is 9.26 Å². The van der Waals surface area contributed by atoms with E-state index in [2.05, 4.69) is 5.16 Å². The molecule has 1 aromatic carbocycles. The van der Waals surface area contributed by atoms with Crippen LogP contribution in [0.2, 0.25) is 0 Å². The Hall–Kier alpha value is -2.57. The first-order valence-corrected chi connectivity index (χ1v) is 8.62. The molecule has 1 aromatic heterocycles. The molecule has 0 bridgehead atoms. The minimum atomic E-state index is -0.443. The molecule has 7 nitrogen and oxygen atoms in total. The third kappa shape index (κ3) is 2.94. The van der Waals surface area contributed by atoms with Crippen molar-refractivity contribution in [3.63, 3.8) is 0 Å². The number of hydrogen-bond donors (Lipinski definition) is 0. The first-order valence-electron chi connectivity index (χ1n) is 8.62. The van der Waals surface area contributed by atoms with E-state index in [0.29, 0.717) is 37.3 Å². The number of aromatic nitrogens is 1. The van der Waals surface area contributed by atoms with Gasteiger partial charge in [-0.05, 0) is 25.0 Å². The van der Waals surface area contributed by atoms with Gasteiger partial charge in [0.15, 0.2) is 5.58 Å². The predicted molar refractivity (Wildman–Crippen MR) is 90.0 cm³/mol. The summed E-state index contributed by atoms with van der Waals surface area (Å²) in [6.07, 6.45) is 2.25. The van der Waals surface area contributed by atoms with Crippen LogP contribution in [-0.4, -0.2) is 59.2 Å². The molecule has 0 N–H and O–H groups in total. The summed E-state index contributed by atoms with van der Waals surface area (Å²) in [4.78, 5) is 27.9. The average molecular weight is 343 g/mol. The molecule has 2 aliphatic rings. The zero-order valence-electron chi connectivity index (χ0n) is 14.2. The molecule has 0 radical (unpaired) electrons. The largest absolute Gasteiger partial charge is 0.441 e. The van der Waals surface area contributed by atoms with Crippen molar-refractivity contribution >= 4 is 23.0 Å². The number of para-hydroxylation sites is 1. The second kappa shape index (κ2) is 6.06. The smallest absolute Gasteiger partial charge is 0.410 e. The first-order chi connectivity index (χ1) is 12.1. The van der Waals surface area contributed by atoms with E-state index >= 15 is 0 Å². The van der Waals surface area contributed by atoms with E-state index in [1.165, 1.54) is 0 Å². The predicted octanol–water partition coefficient (Wildman–Crippen LogP) is 2.20. The second-order valence-corrected chi connectivity index (χ2v) is 6.94. The Kier molecular flexibility index (Phi) is 3.86. The minimum Gasteiger partial charge on any atom is -0.441 e. The molecule has 1 spiro atoms. The molecule has 25 heavy (non-hydrogen) atoms. The van der Waals surface area contributed by atoms with Gasteiger partial charge in [-0.1, -0.05) is 17.3 Å². The lowest BCUT2D eigenvalue weighted by molar-refractivity contribution is -0.130. The quantitative estimate of drug-likeness (QED) is 0.835. The maximum atomic E-state index is 12.7. The van der Waals surface area contributed by atoms with Crippen molar-refractivity contribution in [2.45, 2.75) is 31.3 Å². The van der Waals surface area contributed by atoms with Gasteiger partial charge in [0.1, 0.15) is 11.3 Å². The number of amides is 2. The normalized spacial score (nSPS) is 24.0. The average Bonchev–Trinajstić information content (AvgIpc) is 3.04. The van der Waals surface area contributed by atoms with Crippen LogP contribution in [0.25, 0.3) is 11.0 Å². The van der Waals surface area contributed by atoms with E-state index < -0.39 is 5.60 Å². The number of nitrogens with zero attached hydrogens (tertiary/aromatic N) is 3. The highest BCUT2D eigenvalue weighted by molar-refractivity contribution is 5.86. The fraction of sp³-hybridized carbons (Fsp3) is 0.500. The third-order valence-electron chi connectivity index (χ3n) is 5.16. The van der Waals surface area contributed by atoms with Crippen LogP contribution < -0.4 is 0 Å². The van der Waals surface area contributed by atoms with Crippen LogP contribution >= 0.6 is 0 Å². The van der Waals surface area contributed by atoms with Crippen molar-refractivity contribution < 1.29 is 18.8 Å². The maximum absolute atomic E-state index is 12.7. The van der Waals surface area contributed by atoms with Gasteiger partial charge in [-0.25, -0.2) is 4.79 Å². The molecule has 1 atom stereocenters. The van der Waals surface area contributed by atoms with Gasteiger partial charge in [0.2, 0.25) is 5.91 Å². The highest BCUT2D eigenvalue weighted by Crippen LogP contribution is 2.32. The SMILES string of the molecule is CN1C[C@]2(CCCN(C(=O)Cc3noc4ccccc34)CC2)OC1=O. The highest BCUT2D eigenvalue weighted by Gasteiger charge is 2.44. The number of hydrogen-bond acceptors (Lipinski definition) is 5. The lowest BCUT2D eigenvalue weighted by Gasteiger charge is -2.25. The Bertz CT molecular complexity index is 818. The van der Waals surface area contributed by atoms with Gasteiger partial charge in [0.05, 0.1) is 13.0 Å². The van der Waals surface area contributed by atoms with Crippen molar-refractivity contribution in [1.82, 2.24) is 15.0 Å². The molecule has 2 amide bonds. The van der Waals surface area contributed by atoms with E-state index in [1.54, 1.807) is 11.9 Å². The van der Waals surface area contributed by atoms with Crippen LogP contribution in [0.3, 0.4) is 0 Å². The molecule has 2 saturated heterocycles. The van der Waals surface area contributed by atoms with Crippen molar-refractivity contribution in [3.05, 3.63) is 30.0 Å². The number of ether oxygens (including phenoxy) is 1. The van der Waals surface area contributed by atoms with E-state index in [0.717, 1.165) is 18.2 Å². The summed E-state index contributed by atoms with van der Waals surface area (Å²) in [5, 5.41) is 4.93. The fourth-order valence-corrected chi connectivity index (χ4v) is 3.79. The second-order valence-electron chi connectivity index (χ2n) is 6.94. The van der Waals surface area contributed by atoms with Gasteiger partial charge in [0, 0.05) is 31.9 Å². The number of likely N-dealkylation sites (N-methyl/N-ethyl adjacent to an activating group) is 1. The Morgan fingerprint density at radius 2 is 2.12 bits per heavy atom. The number of likely N-dealkylation sites (tertiary alicyclic amines) is 1. The van der Waals surface area contributed by atoms with Crippen molar-refractivity contribution in [3.8, 4) is 0 Å². The Morgan fingerprint density at radius 1 is 1.28 bits per heavy atom. The molecule has 2 fully saturated rings. The minimum absolute atomic E-state index is 0.0359.